The second kappa shape index (κ2) is 4.33. The minimum atomic E-state index is -1.06. The highest BCUT2D eigenvalue weighted by molar-refractivity contribution is 6.22. The molecule has 0 unspecified atom stereocenters. The van der Waals surface area contributed by atoms with Gasteiger partial charge in [0.15, 0.2) is 0 Å². The van der Waals surface area contributed by atoms with Gasteiger partial charge < -0.3 is 5.11 Å². The van der Waals surface area contributed by atoms with Crippen molar-refractivity contribution < 1.29 is 19.5 Å². The molecule has 3 rings (SSSR count). The number of aliphatic carboxylic acids is 1. The van der Waals surface area contributed by atoms with Gasteiger partial charge in [0, 0.05) is 0 Å². The minimum Gasteiger partial charge on any atom is -0.480 e. The fourth-order valence-electron chi connectivity index (χ4n) is 2.93. The van der Waals surface area contributed by atoms with Gasteiger partial charge in [0.05, 0.1) is 5.69 Å². The van der Waals surface area contributed by atoms with Crippen LogP contribution in [0.5, 0.6) is 0 Å². The summed E-state index contributed by atoms with van der Waals surface area (Å²) in [7, 11) is 0. The van der Waals surface area contributed by atoms with Crippen LogP contribution in [0.1, 0.15) is 18.4 Å². The van der Waals surface area contributed by atoms with Gasteiger partial charge in [-0.1, -0.05) is 12.1 Å². The summed E-state index contributed by atoms with van der Waals surface area (Å²) in [5.74, 6) is -1.39. The molecule has 1 aromatic carbocycles. The van der Waals surface area contributed by atoms with Gasteiger partial charge in [-0.3, -0.25) is 9.69 Å². The molecule has 0 aromatic heterocycles. The average Bonchev–Trinajstić information content (AvgIpc) is 2.91. The maximum atomic E-state index is 12.4. The molecule has 104 valence electrons. The second-order valence-electron chi connectivity index (χ2n) is 5.15. The second-order valence-corrected chi connectivity index (χ2v) is 5.15. The molecule has 0 saturated carbocycles. The van der Waals surface area contributed by atoms with Crippen LogP contribution < -0.4 is 4.90 Å². The van der Waals surface area contributed by atoms with E-state index in [9.17, 15) is 14.4 Å². The Kier molecular flexibility index (Phi) is 2.74. The normalized spacial score (nSPS) is 25.2. The Bertz CT molecular complexity index is 613. The highest BCUT2D eigenvalue weighted by Crippen LogP contribution is 2.35. The van der Waals surface area contributed by atoms with Crippen LogP contribution in [0.4, 0.5) is 10.5 Å². The van der Waals surface area contributed by atoms with E-state index in [1.165, 1.54) is 4.90 Å². The summed E-state index contributed by atoms with van der Waals surface area (Å²) >= 11 is 0. The number of aryl methyl sites for hydroxylation is 1. The first kappa shape index (κ1) is 12.7. The van der Waals surface area contributed by atoms with E-state index in [2.05, 4.69) is 0 Å². The molecule has 1 N–H and O–H groups in total. The number of hydrogen-bond acceptors (Lipinski definition) is 3. The zero-order chi connectivity index (χ0) is 14.4. The van der Waals surface area contributed by atoms with Crippen molar-refractivity contribution in [3.05, 3.63) is 29.8 Å². The lowest BCUT2D eigenvalue weighted by atomic mass is 10.1. The van der Waals surface area contributed by atoms with Crippen LogP contribution in [0, 0.1) is 6.92 Å². The van der Waals surface area contributed by atoms with Crippen molar-refractivity contribution in [2.24, 2.45) is 0 Å². The topological polar surface area (TPSA) is 77.9 Å². The summed E-state index contributed by atoms with van der Waals surface area (Å²) in [5.41, 5.74) is 1.43. The molecule has 20 heavy (non-hydrogen) atoms. The molecule has 2 heterocycles. The first-order chi connectivity index (χ1) is 9.50. The van der Waals surface area contributed by atoms with Crippen LogP contribution in [-0.4, -0.2) is 40.0 Å². The highest BCUT2D eigenvalue weighted by Gasteiger charge is 2.54. The number of carboxylic acid groups (broad SMARTS) is 1. The molecule has 0 bridgehead atoms. The van der Waals surface area contributed by atoms with Crippen molar-refractivity contribution in [1.82, 2.24) is 4.90 Å². The predicted octanol–water partition coefficient (Wildman–Crippen LogP) is 1.38. The Hall–Kier alpha value is -2.37. The number of urea groups is 1. The van der Waals surface area contributed by atoms with Crippen LogP contribution in [0.2, 0.25) is 0 Å². The number of hydrogen-bond donors (Lipinski definition) is 1. The molecule has 2 saturated heterocycles. The maximum absolute atomic E-state index is 12.4. The standard InChI is InChI=1S/C14H14N2O4/c1-8-3-2-4-9(7-8)15-12(17)10-5-6-11(13(18)19)16(10)14(15)20/h2-4,7,10-11H,5-6H2,1H3,(H,18,19)/t10-,11-/m1/s1. The number of nitrogens with zero attached hydrogens (tertiary/aromatic N) is 2. The zero-order valence-electron chi connectivity index (χ0n) is 10.9. The molecule has 1 aromatic rings. The number of benzene rings is 1. The number of carbonyl (C=O) groups is 3. The van der Waals surface area contributed by atoms with Crippen LogP contribution in [0.15, 0.2) is 24.3 Å². The predicted molar refractivity (Wildman–Crippen MR) is 70.3 cm³/mol. The summed E-state index contributed by atoms with van der Waals surface area (Å²) in [5, 5.41) is 9.14. The minimum absolute atomic E-state index is 0.329. The summed E-state index contributed by atoms with van der Waals surface area (Å²) in [4.78, 5) is 38.2. The molecule has 3 amide bonds. The highest BCUT2D eigenvalue weighted by atomic mass is 16.4. The average molecular weight is 274 g/mol. The lowest BCUT2D eigenvalue weighted by Gasteiger charge is -2.20. The number of carbonyl (C=O) groups excluding carboxylic acids is 2. The van der Waals surface area contributed by atoms with E-state index in [1.54, 1.807) is 18.2 Å². The zero-order valence-corrected chi connectivity index (χ0v) is 10.9. The van der Waals surface area contributed by atoms with Crippen molar-refractivity contribution in [3.63, 3.8) is 0 Å². The van der Waals surface area contributed by atoms with Gasteiger partial charge in [-0.25, -0.2) is 14.5 Å². The number of imide groups is 1. The molecule has 2 fully saturated rings. The molecule has 2 aliphatic heterocycles. The lowest BCUT2D eigenvalue weighted by Crippen LogP contribution is -2.42. The number of rotatable bonds is 2. The van der Waals surface area contributed by atoms with Crippen molar-refractivity contribution in [1.29, 1.82) is 0 Å². The molecule has 6 heteroatoms. The third kappa shape index (κ3) is 1.68. The molecule has 2 atom stereocenters. The van der Waals surface area contributed by atoms with Crippen LogP contribution in [0.3, 0.4) is 0 Å². The van der Waals surface area contributed by atoms with Gasteiger partial charge in [-0.05, 0) is 37.5 Å². The summed E-state index contributed by atoms with van der Waals surface area (Å²) < 4.78 is 0. The largest absolute Gasteiger partial charge is 0.480 e. The molecule has 2 aliphatic rings. The quantitative estimate of drug-likeness (QED) is 0.826. The van der Waals surface area contributed by atoms with Gasteiger partial charge in [-0.2, -0.15) is 0 Å². The molecular weight excluding hydrogens is 260 g/mol. The van der Waals surface area contributed by atoms with E-state index in [-0.39, 0.29) is 5.91 Å². The third-order valence-corrected chi connectivity index (χ3v) is 3.85. The smallest absolute Gasteiger partial charge is 0.332 e. The van der Waals surface area contributed by atoms with Crippen molar-refractivity contribution >= 4 is 23.6 Å². The van der Waals surface area contributed by atoms with E-state index >= 15 is 0 Å². The first-order valence-electron chi connectivity index (χ1n) is 6.46. The van der Waals surface area contributed by atoms with Crippen molar-refractivity contribution in [2.45, 2.75) is 31.8 Å². The molecular formula is C14H14N2O4. The number of anilines is 1. The van der Waals surface area contributed by atoms with Gasteiger partial charge in [0.2, 0.25) is 0 Å². The van der Waals surface area contributed by atoms with Crippen molar-refractivity contribution in [2.75, 3.05) is 4.90 Å². The Morgan fingerprint density at radius 1 is 1.30 bits per heavy atom. The Balaban J connectivity index is 1.98. The molecule has 0 aliphatic carbocycles. The molecule has 0 radical (unpaired) electrons. The van der Waals surface area contributed by atoms with Crippen molar-refractivity contribution in [3.8, 4) is 0 Å². The fourth-order valence-corrected chi connectivity index (χ4v) is 2.93. The summed E-state index contributed by atoms with van der Waals surface area (Å²) in [6, 6.07) is 5.00. The van der Waals surface area contributed by atoms with Gasteiger partial charge in [0.1, 0.15) is 12.1 Å². The number of amides is 3. The van der Waals surface area contributed by atoms with Gasteiger partial charge >= 0.3 is 12.0 Å². The monoisotopic (exact) mass is 274 g/mol. The van der Waals surface area contributed by atoms with E-state index in [0.717, 1.165) is 10.5 Å². The summed E-state index contributed by atoms with van der Waals surface area (Å²) in [6.45, 7) is 1.87. The van der Waals surface area contributed by atoms with E-state index in [1.807, 2.05) is 13.0 Å². The van der Waals surface area contributed by atoms with E-state index < -0.39 is 24.1 Å². The SMILES string of the molecule is Cc1cccc(N2C(=O)[C@H]3CC[C@H](C(=O)O)N3C2=O)c1. The summed E-state index contributed by atoms with van der Waals surface area (Å²) in [6.07, 6.45) is 0.739. The Labute approximate surface area is 115 Å². The van der Waals surface area contributed by atoms with Crippen LogP contribution in [0.25, 0.3) is 0 Å². The van der Waals surface area contributed by atoms with E-state index in [4.69, 9.17) is 5.11 Å². The number of fused-ring (bicyclic) bond motifs is 1. The molecule has 6 nitrogen and oxygen atoms in total. The van der Waals surface area contributed by atoms with Gasteiger partial charge in [-0.15, -0.1) is 0 Å². The lowest BCUT2D eigenvalue weighted by molar-refractivity contribution is -0.141. The third-order valence-electron chi connectivity index (χ3n) is 3.85. The maximum Gasteiger partial charge on any atom is 0.332 e. The Morgan fingerprint density at radius 2 is 2.05 bits per heavy atom. The fraction of sp³-hybridized carbons (Fsp3) is 0.357. The molecule has 0 spiro atoms. The number of carboxylic acids is 1. The van der Waals surface area contributed by atoms with E-state index in [0.29, 0.717) is 18.5 Å². The Morgan fingerprint density at radius 3 is 2.70 bits per heavy atom. The van der Waals surface area contributed by atoms with Crippen LogP contribution >= 0.6 is 0 Å². The van der Waals surface area contributed by atoms with Gasteiger partial charge in [0.25, 0.3) is 5.91 Å². The first-order valence-corrected chi connectivity index (χ1v) is 6.46. The van der Waals surface area contributed by atoms with Crippen LogP contribution in [-0.2, 0) is 9.59 Å².